The van der Waals surface area contributed by atoms with Gasteiger partial charge in [0.2, 0.25) is 5.91 Å². The van der Waals surface area contributed by atoms with Crippen LogP contribution in [0.1, 0.15) is 19.4 Å². The van der Waals surface area contributed by atoms with Crippen molar-refractivity contribution in [3.63, 3.8) is 0 Å². The molecule has 2 atom stereocenters. The number of para-hydroxylation sites is 1. The smallest absolute Gasteiger partial charge is 0.327 e. The van der Waals surface area contributed by atoms with Gasteiger partial charge in [0, 0.05) is 11.7 Å². The highest BCUT2D eigenvalue weighted by atomic mass is 35.5. The molecule has 1 amide bonds. The number of anilines is 1. The van der Waals surface area contributed by atoms with E-state index >= 15 is 0 Å². The Morgan fingerprint density at radius 1 is 1.30 bits per heavy atom. The molecule has 1 aromatic carbocycles. The minimum Gasteiger partial charge on any atom is -0.327 e. The number of nitrogens with one attached hydrogen (secondary N) is 1. The predicted molar refractivity (Wildman–Crippen MR) is 74.9 cm³/mol. The van der Waals surface area contributed by atoms with E-state index < -0.39 is 18.5 Å². The van der Waals surface area contributed by atoms with E-state index in [1.807, 2.05) is 0 Å². The molecule has 3 nitrogen and oxygen atoms in total. The molecule has 3 N–H and O–H groups in total. The number of rotatable bonds is 4. The highest BCUT2D eigenvalue weighted by Gasteiger charge is 2.29. The van der Waals surface area contributed by atoms with E-state index in [1.165, 1.54) is 18.2 Å². The molecule has 0 saturated heterocycles. The fourth-order valence-electron chi connectivity index (χ4n) is 1.50. The van der Waals surface area contributed by atoms with Gasteiger partial charge in [0.05, 0.1) is 12.3 Å². The molecule has 0 fully saturated rings. The highest BCUT2D eigenvalue weighted by Crippen LogP contribution is 2.26. The lowest BCUT2D eigenvalue weighted by atomic mass is 10.0. The lowest BCUT2D eigenvalue weighted by molar-refractivity contribution is -0.127. The second-order valence-corrected chi connectivity index (χ2v) is 4.59. The summed E-state index contributed by atoms with van der Waals surface area (Å²) in [7, 11) is 0. The summed E-state index contributed by atoms with van der Waals surface area (Å²) in [6.45, 7) is 3.30. The Labute approximate surface area is 122 Å². The van der Waals surface area contributed by atoms with Crippen molar-refractivity contribution < 1.29 is 18.0 Å². The summed E-state index contributed by atoms with van der Waals surface area (Å²) < 4.78 is 37.2. The molecule has 0 aliphatic heterocycles. The van der Waals surface area contributed by atoms with Crippen molar-refractivity contribution in [1.29, 1.82) is 0 Å². The van der Waals surface area contributed by atoms with E-state index in [4.69, 9.17) is 5.73 Å². The Bertz CT molecular complexity index is 449. The van der Waals surface area contributed by atoms with E-state index in [0.717, 1.165) is 0 Å². The van der Waals surface area contributed by atoms with E-state index in [0.29, 0.717) is 0 Å². The van der Waals surface area contributed by atoms with Crippen LogP contribution in [0.3, 0.4) is 0 Å². The van der Waals surface area contributed by atoms with Gasteiger partial charge in [-0.1, -0.05) is 25.1 Å². The molecule has 0 aromatic heterocycles. The zero-order valence-electron chi connectivity index (χ0n) is 11.2. The molecule has 0 saturated carbocycles. The SMILES string of the molecule is CC(N)C(C)C(=O)Nc1ccccc1CC(F)(F)F.Cl. The van der Waals surface area contributed by atoms with Gasteiger partial charge in [-0.15, -0.1) is 12.4 Å². The molecule has 0 aliphatic rings. The summed E-state index contributed by atoms with van der Waals surface area (Å²) in [4.78, 5) is 11.8. The zero-order valence-corrected chi connectivity index (χ0v) is 12.0. The van der Waals surface area contributed by atoms with Crippen molar-refractivity contribution in [1.82, 2.24) is 0 Å². The van der Waals surface area contributed by atoms with Crippen LogP contribution in [-0.4, -0.2) is 18.1 Å². The summed E-state index contributed by atoms with van der Waals surface area (Å²) in [5, 5.41) is 2.50. The second kappa shape index (κ2) is 7.50. The lowest BCUT2D eigenvalue weighted by Gasteiger charge is -2.17. The summed E-state index contributed by atoms with van der Waals surface area (Å²) in [6.07, 6.45) is -5.39. The Balaban J connectivity index is 0.00000361. The summed E-state index contributed by atoms with van der Waals surface area (Å²) in [5.41, 5.74) is 5.81. The Hall–Kier alpha value is -1.27. The number of hydrogen-bond acceptors (Lipinski definition) is 2. The van der Waals surface area contributed by atoms with Crippen LogP contribution in [0.4, 0.5) is 18.9 Å². The van der Waals surface area contributed by atoms with E-state index in [-0.39, 0.29) is 35.6 Å². The third-order valence-electron chi connectivity index (χ3n) is 2.87. The van der Waals surface area contributed by atoms with Gasteiger partial charge < -0.3 is 11.1 Å². The molecule has 1 aromatic rings. The van der Waals surface area contributed by atoms with Crippen LogP contribution in [0.15, 0.2) is 24.3 Å². The first-order valence-corrected chi connectivity index (χ1v) is 5.92. The van der Waals surface area contributed by atoms with Crippen molar-refractivity contribution in [3.8, 4) is 0 Å². The molecule has 2 unspecified atom stereocenters. The monoisotopic (exact) mass is 310 g/mol. The van der Waals surface area contributed by atoms with E-state index in [9.17, 15) is 18.0 Å². The Morgan fingerprint density at radius 3 is 2.35 bits per heavy atom. The van der Waals surface area contributed by atoms with Gasteiger partial charge in [0.15, 0.2) is 0 Å². The summed E-state index contributed by atoms with van der Waals surface area (Å²) in [6, 6.07) is 5.51. The van der Waals surface area contributed by atoms with Crippen LogP contribution in [-0.2, 0) is 11.2 Å². The molecular weight excluding hydrogens is 293 g/mol. The zero-order chi connectivity index (χ0) is 14.6. The van der Waals surface area contributed by atoms with Crippen LogP contribution in [0.5, 0.6) is 0 Å². The normalized spacial score (nSPS) is 14.1. The van der Waals surface area contributed by atoms with Gasteiger partial charge in [0.1, 0.15) is 0 Å². The van der Waals surface area contributed by atoms with Crippen LogP contribution < -0.4 is 11.1 Å². The number of hydrogen-bond donors (Lipinski definition) is 2. The average molecular weight is 311 g/mol. The fourth-order valence-corrected chi connectivity index (χ4v) is 1.50. The number of carbonyl (C=O) groups is 1. The number of nitrogens with two attached hydrogens (primary N) is 1. The van der Waals surface area contributed by atoms with Gasteiger partial charge in [-0.05, 0) is 18.6 Å². The van der Waals surface area contributed by atoms with Gasteiger partial charge in [-0.3, -0.25) is 4.79 Å². The summed E-state index contributed by atoms with van der Waals surface area (Å²) >= 11 is 0. The standard InChI is InChI=1S/C13H17F3N2O.ClH/c1-8(9(2)17)12(19)18-11-6-4-3-5-10(11)7-13(14,15)16;/h3-6,8-9H,7,17H2,1-2H3,(H,18,19);1H. The van der Waals surface area contributed by atoms with Crippen LogP contribution in [0.2, 0.25) is 0 Å². The molecular formula is C13H18ClF3N2O. The number of benzene rings is 1. The van der Waals surface area contributed by atoms with E-state index in [1.54, 1.807) is 19.9 Å². The minimum atomic E-state index is -4.31. The second-order valence-electron chi connectivity index (χ2n) is 4.59. The maximum atomic E-state index is 12.4. The number of alkyl halides is 3. The quantitative estimate of drug-likeness (QED) is 0.897. The minimum absolute atomic E-state index is 0. The van der Waals surface area contributed by atoms with Crippen molar-refractivity contribution in [3.05, 3.63) is 29.8 Å². The predicted octanol–water partition coefficient (Wildman–Crippen LogP) is 3.14. The van der Waals surface area contributed by atoms with Gasteiger partial charge >= 0.3 is 6.18 Å². The molecule has 0 aliphatic carbocycles. The topological polar surface area (TPSA) is 55.1 Å². The molecule has 0 spiro atoms. The van der Waals surface area contributed by atoms with Gasteiger partial charge in [-0.25, -0.2) is 0 Å². The number of amides is 1. The van der Waals surface area contributed by atoms with Crippen molar-refractivity contribution in [2.45, 2.75) is 32.5 Å². The lowest BCUT2D eigenvalue weighted by Crippen LogP contribution is -2.34. The first kappa shape index (κ1) is 18.7. The molecule has 114 valence electrons. The summed E-state index contributed by atoms with van der Waals surface area (Å²) in [5.74, 6) is -0.858. The first-order chi connectivity index (χ1) is 8.70. The third kappa shape index (κ3) is 5.79. The van der Waals surface area contributed by atoms with Crippen LogP contribution in [0.25, 0.3) is 0 Å². The first-order valence-electron chi connectivity index (χ1n) is 5.92. The highest BCUT2D eigenvalue weighted by molar-refractivity contribution is 5.93. The number of halogens is 4. The Morgan fingerprint density at radius 2 is 1.85 bits per heavy atom. The average Bonchev–Trinajstić information content (AvgIpc) is 2.28. The van der Waals surface area contributed by atoms with Crippen molar-refractivity contribution in [2.75, 3.05) is 5.32 Å². The van der Waals surface area contributed by atoms with Gasteiger partial charge in [0.25, 0.3) is 0 Å². The molecule has 0 heterocycles. The van der Waals surface area contributed by atoms with Crippen molar-refractivity contribution in [2.24, 2.45) is 11.7 Å². The van der Waals surface area contributed by atoms with Crippen molar-refractivity contribution >= 4 is 24.0 Å². The maximum absolute atomic E-state index is 12.4. The third-order valence-corrected chi connectivity index (χ3v) is 2.87. The fraction of sp³-hybridized carbons (Fsp3) is 0.462. The number of carbonyl (C=O) groups excluding carboxylic acids is 1. The maximum Gasteiger partial charge on any atom is 0.393 e. The largest absolute Gasteiger partial charge is 0.393 e. The molecule has 1 rings (SSSR count). The molecule has 0 bridgehead atoms. The Kier molecular flexibility index (Phi) is 7.02. The van der Waals surface area contributed by atoms with Gasteiger partial charge in [-0.2, -0.15) is 13.2 Å². The molecule has 7 heteroatoms. The van der Waals surface area contributed by atoms with Crippen LogP contribution >= 0.6 is 12.4 Å². The molecule has 0 radical (unpaired) electrons. The van der Waals surface area contributed by atoms with Crippen LogP contribution in [0, 0.1) is 5.92 Å². The van der Waals surface area contributed by atoms with E-state index in [2.05, 4.69) is 5.32 Å². The molecule has 20 heavy (non-hydrogen) atoms.